The van der Waals surface area contributed by atoms with Gasteiger partial charge in [0.25, 0.3) is 0 Å². The largest absolute Gasteiger partial charge is 0.481 e. The number of rotatable bonds is 4. The zero-order valence-corrected chi connectivity index (χ0v) is 13.7. The number of hydrogen-bond acceptors (Lipinski definition) is 3. The molecule has 0 amide bonds. The van der Waals surface area contributed by atoms with Gasteiger partial charge < -0.3 is 10.0 Å². The molecule has 1 heterocycles. The summed E-state index contributed by atoms with van der Waals surface area (Å²) < 4.78 is 0.902. The second-order valence-electron chi connectivity index (χ2n) is 5.12. The van der Waals surface area contributed by atoms with Crippen LogP contribution in [-0.4, -0.2) is 54.1 Å². The van der Waals surface area contributed by atoms with Crippen molar-refractivity contribution in [2.45, 2.75) is 12.5 Å². The van der Waals surface area contributed by atoms with Crippen molar-refractivity contribution >= 4 is 33.5 Å². The average Bonchev–Trinajstić information content (AvgIpc) is 2.37. The van der Waals surface area contributed by atoms with E-state index in [1.54, 1.807) is 0 Å². The van der Waals surface area contributed by atoms with E-state index in [-0.39, 0.29) is 12.5 Å². The Kier molecular flexibility index (Phi) is 5.43. The number of carboxylic acids is 1. The van der Waals surface area contributed by atoms with Gasteiger partial charge in [-0.3, -0.25) is 9.69 Å². The first-order valence-electron chi connectivity index (χ1n) is 6.56. The molecule has 1 N–H and O–H groups in total. The first-order valence-corrected chi connectivity index (χ1v) is 7.74. The molecule has 4 nitrogen and oxygen atoms in total. The van der Waals surface area contributed by atoms with E-state index in [4.69, 9.17) is 11.6 Å². The highest BCUT2D eigenvalue weighted by molar-refractivity contribution is 9.10. The zero-order valence-electron chi connectivity index (χ0n) is 11.4. The highest BCUT2D eigenvalue weighted by Gasteiger charge is 2.27. The smallest absolute Gasteiger partial charge is 0.305 e. The lowest BCUT2D eigenvalue weighted by Crippen LogP contribution is -2.46. The van der Waals surface area contributed by atoms with E-state index in [0.29, 0.717) is 5.02 Å². The topological polar surface area (TPSA) is 43.8 Å². The summed E-state index contributed by atoms with van der Waals surface area (Å²) in [6, 6.07) is 5.48. The summed E-state index contributed by atoms with van der Waals surface area (Å²) in [6.45, 7) is 3.62. The summed E-state index contributed by atoms with van der Waals surface area (Å²) in [5.41, 5.74) is 0.891. The number of nitrogens with zero attached hydrogens (tertiary/aromatic N) is 2. The Morgan fingerprint density at radius 2 is 2.05 bits per heavy atom. The van der Waals surface area contributed by atoms with Gasteiger partial charge in [0.05, 0.1) is 6.42 Å². The molecule has 20 heavy (non-hydrogen) atoms. The number of likely N-dealkylation sites (N-methyl/N-ethyl adjacent to an activating group) is 1. The molecule has 1 aliphatic rings. The molecule has 110 valence electrons. The fourth-order valence-corrected chi connectivity index (χ4v) is 3.31. The van der Waals surface area contributed by atoms with Crippen molar-refractivity contribution in [3.05, 3.63) is 33.3 Å². The number of benzene rings is 1. The van der Waals surface area contributed by atoms with Gasteiger partial charge in [0.1, 0.15) is 0 Å². The van der Waals surface area contributed by atoms with E-state index < -0.39 is 5.97 Å². The molecule has 2 rings (SSSR count). The summed E-state index contributed by atoms with van der Waals surface area (Å²) >= 11 is 9.67. The lowest BCUT2D eigenvalue weighted by Gasteiger charge is -2.38. The Morgan fingerprint density at radius 3 is 2.60 bits per heavy atom. The molecule has 1 aromatic rings. The Hall–Kier alpha value is -0.620. The van der Waals surface area contributed by atoms with Gasteiger partial charge in [-0.1, -0.05) is 33.6 Å². The summed E-state index contributed by atoms with van der Waals surface area (Å²) in [5.74, 6) is -0.798. The minimum atomic E-state index is -0.798. The first kappa shape index (κ1) is 15.8. The normalized spacial score (nSPS) is 18.9. The lowest BCUT2D eigenvalue weighted by atomic mass is 10.0. The van der Waals surface area contributed by atoms with Crippen molar-refractivity contribution in [1.29, 1.82) is 0 Å². The summed E-state index contributed by atoms with van der Waals surface area (Å²) in [5, 5.41) is 9.80. The molecule has 1 aliphatic heterocycles. The third-order valence-electron chi connectivity index (χ3n) is 3.67. The molecule has 1 atom stereocenters. The van der Waals surface area contributed by atoms with E-state index in [0.717, 1.165) is 36.2 Å². The minimum Gasteiger partial charge on any atom is -0.481 e. The summed E-state index contributed by atoms with van der Waals surface area (Å²) in [6.07, 6.45) is 0.0745. The highest BCUT2D eigenvalue weighted by Crippen LogP contribution is 2.32. The number of hydrogen-bond donors (Lipinski definition) is 1. The summed E-state index contributed by atoms with van der Waals surface area (Å²) in [4.78, 5) is 15.6. The van der Waals surface area contributed by atoms with Gasteiger partial charge in [0.2, 0.25) is 0 Å². The monoisotopic (exact) mass is 360 g/mol. The Morgan fingerprint density at radius 1 is 1.40 bits per heavy atom. The number of halogens is 2. The van der Waals surface area contributed by atoms with Gasteiger partial charge in [-0.25, -0.2) is 0 Å². The van der Waals surface area contributed by atoms with Crippen LogP contribution >= 0.6 is 27.5 Å². The fourth-order valence-electron chi connectivity index (χ4n) is 2.51. The van der Waals surface area contributed by atoms with Crippen LogP contribution in [0.15, 0.2) is 22.7 Å². The van der Waals surface area contributed by atoms with Crippen LogP contribution in [0, 0.1) is 0 Å². The van der Waals surface area contributed by atoms with Crippen LogP contribution in [0.2, 0.25) is 5.02 Å². The number of aliphatic carboxylic acids is 1. The number of piperazine rings is 1. The predicted octanol–water partition coefficient (Wildman–Crippen LogP) is 2.87. The van der Waals surface area contributed by atoms with Crippen molar-refractivity contribution in [1.82, 2.24) is 9.80 Å². The second-order valence-corrected chi connectivity index (χ2v) is 6.44. The van der Waals surface area contributed by atoms with Crippen LogP contribution in [0.4, 0.5) is 0 Å². The minimum absolute atomic E-state index is 0.0745. The lowest BCUT2D eigenvalue weighted by molar-refractivity contribution is -0.138. The van der Waals surface area contributed by atoms with Crippen LogP contribution in [0.5, 0.6) is 0 Å². The molecule has 1 saturated heterocycles. The molecule has 0 bridgehead atoms. The van der Waals surface area contributed by atoms with Gasteiger partial charge in [0, 0.05) is 41.7 Å². The van der Waals surface area contributed by atoms with E-state index in [2.05, 4.69) is 32.8 Å². The van der Waals surface area contributed by atoms with Gasteiger partial charge in [-0.2, -0.15) is 0 Å². The molecule has 1 fully saturated rings. The van der Waals surface area contributed by atoms with E-state index in [1.807, 2.05) is 18.2 Å². The molecular formula is C14H18BrClN2O2. The van der Waals surface area contributed by atoms with Crippen molar-refractivity contribution < 1.29 is 9.90 Å². The van der Waals surface area contributed by atoms with E-state index in [9.17, 15) is 9.90 Å². The molecule has 6 heteroatoms. The van der Waals surface area contributed by atoms with Crippen molar-refractivity contribution in [2.75, 3.05) is 33.2 Å². The fraction of sp³-hybridized carbons (Fsp3) is 0.500. The van der Waals surface area contributed by atoms with Crippen LogP contribution in [0.25, 0.3) is 0 Å². The quantitative estimate of drug-likeness (QED) is 0.895. The Balaban J connectivity index is 2.24. The van der Waals surface area contributed by atoms with E-state index in [1.165, 1.54) is 0 Å². The van der Waals surface area contributed by atoms with Crippen molar-refractivity contribution in [3.63, 3.8) is 0 Å². The second kappa shape index (κ2) is 6.89. The van der Waals surface area contributed by atoms with Gasteiger partial charge in [0.15, 0.2) is 0 Å². The molecule has 0 saturated carbocycles. The SMILES string of the molecule is CN1CCN(C(CC(=O)O)c2ccc(Br)cc2Cl)CC1. The standard InChI is InChI=1S/C14H18BrClN2O2/c1-17-4-6-18(7-5-17)13(9-14(19)20)11-3-2-10(15)8-12(11)16/h2-3,8,13H,4-7,9H2,1H3,(H,19,20). The molecule has 0 spiro atoms. The molecule has 0 aromatic heterocycles. The Labute approximate surface area is 132 Å². The predicted molar refractivity (Wildman–Crippen MR) is 83.2 cm³/mol. The summed E-state index contributed by atoms with van der Waals surface area (Å²) in [7, 11) is 2.08. The average molecular weight is 362 g/mol. The third kappa shape index (κ3) is 3.95. The molecule has 0 radical (unpaired) electrons. The van der Waals surface area contributed by atoms with Crippen molar-refractivity contribution in [2.24, 2.45) is 0 Å². The Bertz CT molecular complexity index is 490. The van der Waals surface area contributed by atoms with Crippen molar-refractivity contribution in [3.8, 4) is 0 Å². The van der Waals surface area contributed by atoms with Gasteiger partial charge >= 0.3 is 5.97 Å². The molecular weight excluding hydrogens is 344 g/mol. The maximum Gasteiger partial charge on any atom is 0.305 e. The maximum atomic E-state index is 11.2. The molecule has 1 aromatic carbocycles. The van der Waals surface area contributed by atoms with Gasteiger partial charge in [-0.15, -0.1) is 0 Å². The number of carbonyl (C=O) groups is 1. The zero-order chi connectivity index (χ0) is 14.7. The maximum absolute atomic E-state index is 11.2. The van der Waals surface area contributed by atoms with Crippen LogP contribution in [0.1, 0.15) is 18.0 Å². The molecule has 1 unspecified atom stereocenters. The van der Waals surface area contributed by atoms with Crippen LogP contribution < -0.4 is 0 Å². The first-order chi connectivity index (χ1) is 9.47. The molecule has 0 aliphatic carbocycles. The number of carboxylic acid groups (broad SMARTS) is 1. The third-order valence-corrected chi connectivity index (χ3v) is 4.49. The van der Waals surface area contributed by atoms with Crippen LogP contribution in [-0.2, 0) is 4.79 Å². The highest BCUT2D eigenvalue weighted by atomic mass is 79.9. The van der Waals surface area contributed by atoms with Gasteiger partial charge in [-0.05, 0) is 24.7 Å². The van der Waals surface area contributed by atoms with E-state index >= 15 is 0 Å². The van der Waals surface area contributed by atoms with Crippen LogP contribution in [0.3, 0.4) is 0 Å².